The highest BCUT2D eigenvalue weighted by molar-refractivity contribution is 9.10. The van der Waals surface area contributed by atoms with Gasteiger partial charge in [0, 0.05) is 11.6 Å². The Morgan fingerprint density at radius 2 is 1.81 bits per heavy atom. The minimum absolute atomic E-state index is 0.0147. The molecule has 188 valence electrons. The van der Waals surface area contributed by atoms with Gasteiger partial charge in [-0.05, 0) is 61.0 Å². The number of rotatable bonds is 9. The van der Waals surface area contributed by atoms with Gasteiger partial charge in [-0.2, -0.15) is 10.2 Å². The molecule has 0 saturated heterocycles. The summed E-state index contributed by atoms with van der Waals surface area (Å²) in [7, 11) is 1.39. The van der Waals surface area contributed by atoms with E-state index in [1.54, 1.807) is 23.7 Å². The van der Waals surface area contributed by atoms with Gasteiger partial charge in [-0.25, -0.2) is 5.43 Å². The molecule has 1 heterocycles. The van der Waals surface area contributed by atoms with Crippen molar-refractivity contribution in [2.75, 3.05) is 7.11 Å². The monoisotopic (exact) mass is 560 g/mol. The molecule has 0 radical (unpaired) electrons. The number of non-ortho nitro benzene ring substituents is 1. The van der Waals surface area contributed by atoms with E-state index in [-0.39, 0.29) is 29.7 Å². The van der Waals surface area contributed by atoms with Gasteiger partial charge >= 0.3 is 5.69 Å². The normalized spacial score (nSPS) is 11.2. The lowest BCUT2D eigenvalue weighted by Crippen LogP contribution is -2.25. The zero-order valence-electron chi connectivity index (χ0n) is 19.6. The Morgan fingerprint density at radius 1 is 1.11 bits per heavy atom. The number of nitrogens with one attached hydrogen (secondary N) is 1. The summed E-state index contributed by atoms with van der Waals surface area (Å²) in [4.78, 5) is 33.1. The first-order valence-electron chi connectivity index (χ1n) is 10.3. The minimum atomic E-state index is -0.770. The third-order valence-electron chi connectivity index (χ3n) is 5.09. The van der Waals surface area contributed by atoms with E-state index in [1.165, 1.54) is 13.2 Å². The van der Waals surface area contributed by atoms with Crippen LogP contribution in [-0.4, -0.2) is 38.4 Å². The number of hydrogen-bond donors (Lipinski definition) is 1. The van der Waals surface area contributed by atoms with Crippen LogP contribution in [0.4, 0.5) is 11.4 Å². The molecule has 1 amide bonds. The number of aryl methyl sites for hydroxylation is 1. The number of carbonyl (C=O) groups is 1. The first-order chi connectivity index (χ1) is 17.0. The summed E-state index contributed by atoms with van der Waals surface area (Å²) in [5.41, 5.74) is 4.12. The van der Waals surface area contributed by atoms with Gasteiger partial charge in [0.05, 0.1) is 44.6 Å². The highest BCUT2D eigenvalue weighted by Gasteiger charge is 2.22. The molecule has 0 aliphatic carbocycles. The SMILES string of the molecule is COc1cc(/C(C)=N/NC(=O)Cn2nc(C)c(Br)c2C)ccc1Oc1ccc([N+](=O)[O-])cc1[N+](=O)[O-]. The lowest BCUT2D eigenvalue weighted by atomic mass is 10.1. The Balaban J connectivity index is 1.78. The lowest BCUT2D eigenvalue weighted by molar-refractivity contribution is -0.394. The molecular formula is C22H21BrN6O7. The van der Waals surface area contributed by atoms with Gasteiger partial charge in [-0.3, -0.25) is 29.7 Å². The molecule has 13 nitrogen and oxygen atoms in total. The Morgan fingerprint density at radius 3 is 2.39 bits per heavy atom. The van der Waals surface area contributed by atoms with Gasteiger partial charge in [-0.1, -0.05) is 0 Å². The number of aromatic nitrogens is 2. The summed E-state index contributed by atoms with van der Waals surface area (Å²) >= 11 is 3.42. The van der Waals surface area contributed by atoms with Gasteiger partial charge in [0.1, 0.15) is 6.54 Å². The van der Waals surface area contributed by atoms with Crippen LogP contribution in [-0.2, 0) is 11.3 Å². The van der Waals surface area contributed by atoms with Crippen LogP contribution in [0.15, 0.2) is 46.0 Å². The molecule has 2 aromatic carbocycles. The van der Waals surface area contributed by atoms with E-state index in [0.717, 1.165) is 34.1 Å². The molecule has 0 fully saturated rings. The van der Waals surface area contributed by atoms with E-state index in [0.29, 0.717) is 11.3 Å². The van der Waals surface area contributed by atoms with E-state index < -0.39 is 21.2 Å². The Kier molecular flexibility index (Phi) is 7.99. The number of nitro benzene ring substituents is 2. The summed E-state index contributed by atoms with van der Waals surface area (Å²) in [6, 6.07) is 7.78. The highest BCUT2D eigenvalue weighted by Crippen LogP contribution is 2.38. The van der Waals surface area contributed by atoms with Gasteiger partial charge < -0.3 is 9.47 Å². The van der Waals surface area contributed by atoms with Crippen molar-refractivity contribution in [3.63, 3.8) is 0 Å². The van der Waals surface area contributed by atoms with Crippen molar-refractivity contribution in [1.82, 2.24) is 15.2 Å². The van der Waals surface area contributed by atoms with Crippen LogP contribution in [0.3, 0.4) is 0 Å². The van der Waals surface area contributed by atoms with Crippen molar-refractivity contribution in [3.8, 4) is 17.2 Å². The third-order valence-corrected chi connectivity index (χ3v) is 6.23. The van der Waals surface area contributed by atoms with Crippen LogP contribution >= 0.6 is 15.9 Å². The van der Waals surface area contributed by atoms with E-state index in [1.807, 2.05) is 13.8 Å². The van der Waals surface area contributed by atoms with Gasteiger partial charge in [-0.15, -0.1) is 0 Å². The van der Waals surface area contributed by atoms with Crippen LogP contribution in [0.1, 0.15) is 23.9 Å². The molecule has 0 saturated carbocycles. The van der Waals surface area contributed by atoms with Crippen molar-refractivity contribution >= 4 is 38.9 Å². The van der Waals surface area contributed by atoms with E-state index in [9.17, 15) is 25.0 Å². The molecule has 0 atom stereocenters. The fourth-order valence-electron chi connectivity index (χ4n) is 3.15. The second-order valence-corrected chi connectivity index (χ2v) is 8.30. The second-order valence-electron chi connectivity index (χ2n) is 7.51. The number of nitro groups is 2. The smallest absolute Gasteiger partial charge is 0.318 e. The van der Waals surface area contributed by atoms with Crippen molar-refractivity contribution in [2.24, 2.45) is 5.10 Å². The number of benzene rings is 2. The summed E-state index contributed by atoms with van der Waals surface area (Å²) in [6.07, 6.45) is 0. The van der Waals surface area contributed by atoms with E-state index in [2.05, 4.69) is 31.6 Å². The molecule has 0 spiro atoms. The first-order valence-corrected chi connectivity index (χ1v) is 11.1. The van der Waals surface area contributed by atoms with Gasteiger partial charge in [0.25, 0.3) is 11.6 Å². The number of halogens is 1. The average molecular weight is 561 g/mol. The van der Waals surface area contributed by atoms with Gasteiger partial charge in [0.15, 0.2) is 11.5 Å². The quantitative estimate of drug-likeness (QED) is 0.228. The molecule has 14 heteroatoms. The predicted molar refractivity (Wildman–Crippen MR) is 133 cm³/mol. The zero-order valence-corrected chi connectivity index (χ0v) is 21.2. The van der Waals surface area contributed by atoms with Crippen molar-refractivity contribution in [3.05, 3.63) is 78.1 Å². The number of amides is 1. The van der Waals surface area contributed by atoms with Gasteiger partial charge in [0.2, 0.25) is 5.75 Å². The van der Waals surface area contributed by atoms with Crippen LogP contribution in [0, 0.1) is 34.1 Å². The highest BCUT2D eigenvalue weighted by atomic mass is 79.9. The van der Waals surface area contributed by atoms with Crippen molar-refractivity contribution < 1.29 is 24.1 Å². The number of nitrogens with zero attached hydrogens (tertiary/aromatic N) is 5. The fourth-order valence-corrected chi connectivity index (χ4v) is 3.44. The molecule has 0 aliphatic rings. The molecule has 1 aromatic heterocycles. The number of methoxy groups -OCH3 is 1. The van der Waals surface area contributed by atoms with Crippen LogP contribution < -0.4 is 14.9 Å². The predicted octanol–water partition coefficient (Wildman–Crippen LogP) is 4.42. The zero-order chi connectivity index (χ0) is 26.6. The average Bonchev–Trinajstić information content (AvgIpc) is 3.08. The molecular weight excluding hydrogens is 540 g/mol. The number of ether oxygens (including phenoxy) is 2. The lowest BCUT2D eigenvalue weighted by Gasteiger charge is -2.12. The first kappa shape index (κ1) is 26.3. The topological polar surface area (TPSA) is 164 Å². The number of hydrazone groups is 1. The number of hydrogen-bond acceptors (Lipinski definition) is 9. The molecule has 0 aliphatic heterocycles. The van der Waals surface area contributed by atoms with E-state index >= 15 is 0 Å². The Labute approximate surface area is 213 Å². The maximum Gasteiger partial charge on any atom is 0.318 e. The minimum Gasteiger partial charge on any atom is -0.493 e. The molecule has 3 aromatic rings. The second kappa shape index (κ2) is 10.9. The summed E-state index contributed by atoms with van der Waals surface area (Å²) < 4.78 is 13.4. The maximum absolute atomic E-state index is 12.3. The molecule has 0 bridgehead atoms. The van der Waals surface area contributed by atoms with E-state index in [4.69, 9.17) is 9.47 Å². The third kappa shape index (κ3) is 5.83. The molecule has 1 N–H and O–H groups in total. The van der Waals surface area contributed by atoms with Crippen LogP contribution in [0.2, 0.25) is 0 Å². The summed E-state index contributed by atoms with van der Waals surface area (Å²) in [5, 5.41) is 30.7. The molecule has 3 rings (SSSR count). The van der Waals surface area contributed by atoms with Crippen LogP contribution in [0.25, 0.3) is 0 Å². The Bertz CT molecular complexity index is 1390. The standard InChI is InChI=1S/C22H21BrN6O7/c1-12(24-25-21(30)11-27-14(3)22(23)13(2)26-27)15-5-7-19(20(9-15)35-4)36-18-8-6-16(28(31)32)10-17(18)29(33)34/h5-10H,11H2,1-4H3,(H,25,30)/b24-12+. The van der Waals surface area contributed by atoms with Crippen molar-refractivity contribution in [2.45, 2.75) is 27.3 Å². The number of carbonyl (C=O) groups excluding carboxylic acids is 1. The molecule has 0 unspecified atom stereocenters. The molecule has 36 heavy (non-hydrogen) atoms. The van der Waals surface area contributed by atoms with Crippen LogP contribution in [0.5, 0.6) is 17.2 Å². The maximum atomic E-state index is 12.3. The largest absolute Gasteiger partial charge is 0.493 e. The fraction of sp³-hybridized carbons (Fsp3) is 0.227. The Hall–Kier alpha value is -4.33. The summed E-state index contributed by atoms with van der Waals surface area (Å²) in [5.74, 6) is -0.186. The summed E-state index contributed by atoms with van der Waals surface area (Å²) in [6.45, 7) is 5.33. The van der Waals surface area contributed by atoms with Crippen molar-refractivity contribution in [1.29, 1.82) is 0 Å².